The first kappa shape index (κ1) is 19.0. The van der Waals surface area contributed by atoms with Gasteiger partial charge in [0.2, 0.25) is 15.9 Å². The summed E-state index contributed by atoms with van der Waals surface area (Å²) in [6.45, 7) is 1.92. The Hall–Kier alpha value is -2.77. The van der Waals surface area contributed by atoms with E-state index in [1.54, 1.807) is 43.6 Å². The minimum absolute atomic E-state index is 0.148. The molecule has 0 aliphatic rings. The SMILES string of the molecule is CC(CNC(=O)Cc1ccccc1)NS(=O)(=O)c1ccc2cnccc2c1. The predicted octanol–water partition coefficient (Wildman–Crippen LogP) is 2.26. The van der Waals surface area contributed by atoms with Crippen LogP contribution in [-0.4, -0.2) is 31.9 Å². The number of hydrogen-bond donors (Lipinski definition) is 2. The van der Waals surface area contributed by atoms with Crippen LogP contribution in [0.15, 0.2) is 71.9 Å². The normalized spacial score (nSPS) is 12.6. The number of sulfonamides is 1. The summed E-state index contributed by atoms with van der Waals surface area (Å²) in [5.74, 6) is -0.148. The topological polar surface area (TPSA) is 88.2 Å². The number of pyridine rings is 1. The van der Waals surface area contributed by atoms with Gasteiger partial charge >= 0.3 is 0 Å². The van der Waals surface area contributed by atoms with Crippen LogP contribution in [0.25, 0.3) is 10.8 Å². The zero-order valence-electron chi connectivity index (χ0n) is 14.9. The number of hydrogen-bond acceptors (Lipinski definition) is 4. The van der Waals surface area contributed by atoms with E-state index in [1.807, 2.05) is 30.3 Å². The van der Waals surface area contributed by atoms with Crippen molar-refractivity contribution in [3.8, 4) is 0 Å². The van der Waals surface area contributed by atoms with E-state index in [4.69, 9.17) is 0 Å². The fourth-order valence-electron chi connectivity index (χ4n) is 2.71. The van der Waals surface area contributed by atoms with Gasteiger partial charge < -0.3 is 5.32 Å². The Bertz CT molecular complexity index is 1040. The average molecular weight is 383 g/mol. The van der Waals surface area contributed by atoms with Gasteiger partial charge in [0.25, 0.3) is 0 Å². The molecule has 0 bridgehead atoms. The molecule has 1 aromatic heterocycles. The van der Waals surface area contributed by atoms with Crippen LogP contribution in [0, 0.1) is 0 Å². The van der Waals surface area contributed by atoms with Gasteiger partial charge in [0.1, 0.15) is 0 Å². The fourth-order valence-corrected chi connectivity index (χ4v) is 3.99. The van der Waals surface area contributed by atoms with Crippen LogP contribution < -0.4 is 10.0 Å². The van der Waals surface area contributed by atoms with Gasteiger partial charge in [-0.25, -0.2) is 13.1 Å². The van der Waals surface area contributed by atoms with Crippen molar-refractivity contribution in [1.82, 2.24) is 15.0 Å². The maximum absolute atomic E-state index is 12.6. The molecule has 1 atom stereocenters. The third-order valence-electron chi connectivity index (χ3n) is 4.09. The molecule has 1 unspecified atom stereocenters. The monoisotopic (exact) mass is 383 g/mol. The maximum atomic E-state index is 12.6. The molecule has 0 aliphatic carbocycles. The number of nitrogens with zero attached hydrogens (tertiary/aromatic N) is 1. The van der Waals surface area contributed by atoms with Crippen LogP contribution in [0.1, 0.15) is 12.5 Å². The molecule has 3 rings (SSSR count). The second-order valence-corrected chi connectivity index (χ2v) is 8.09. The summed E-state index contributed by atoms with van der Waals surface area (Å²) in [6.07, 6.45) is 3.57. The van der Waals surface area contributed by atoms with Crippen molar-refractivity contribution < 1.29 is 13.2 Å². The molecule has 2 aromatic carbocycles. The van der Waals surface area contributed by atoms with Crippen molar-refractivity contribution in [3.05, 3.63) is 72.6 Å². The molecule has 6 nitrogen and oxygen atoms in total. The molecule has 27 heavy (non-hydrogen) atoms. The number of nitrogens with one attached hydrogen (secondary N) is 2. The van der Waals surface area contributed by atoms with Gasteiger partial charge in [0, 0.05) is 30.4 Å². The summed E-state index contributed by atoms with van der Waals surface area (Å²) < 4.78 is 27.8. The fraction of sp³-hybridized carbons (Fsp3) is 0.200. The number of carbonyl (C=O) groups excluding carboxylic acids is 1. The largest absolute Gasteiger partial charge is 0.354 e. The lowest BCUT2D eigenvalue weighted by atomic mass is 10.1. The Morgan fingerprint density at radius 1 is 1.07 bits per heavy atom. The maximum Gasteiger partial charge on any atom is 0.240 e. The minimum Gasteiger partial charge on any atom is -0.354 e. The first-order valence-corrected chi connectivity index (χ1v) is 10.1. The lowest BCUT2D eigenvalue weighted by molar-refractivity contribution is -0.120. The van der Waals surface area contributed by atoms with Gasteiger partial charge in [-0.05, 0) is 36.1 Å². The molecule has 0 fully saturated rings. The number of fused-ring (bicyclic) bond motifs is 1. The highest BCUT2D eigenvalue weighted by atomic mass is 32.2. The average Bonchev–Trinajstić information content (AvgIpc) is 2.66. The van der Waals surface area contributed by atoms with Gasteiger partial charge in [-0.2, -0.15) is 0 Å². The number of benzene rings is 2. The Labute approximate surface area is 158 Å². The number of amides is 1. The van der Waals surface area contributed by atoms with Crippen LogP contribution in [0.2, 0.25) is 0 Å². The zero-order chi connectivity index (χ0) is 19.3. The Balaban J connectivity index is 1.58. The molecule has 1 amide bonds. The summed E-state index contributed by atoms with van der Waals surface area (Å²) in [7, 11) is -3.68. The van der Waals surface area contributed by atoms with Crippen molar-refractivity contribution in [1.29, 1.82) is 0 Å². The smallest absolute Gasteiger partial charge is 0.240 e. The Morgan fingerprint density at radius 2 is 1.85 bits per heavy atom. The molecule has 1 heterocycles. The van der Waals surface area contributed by atoms with E-state index in [1.165, 1.54) is 0 Å². The van der Waals surface area contributed by atoms with Crippen LogP contribution >= 0.6 is 0 Å². The van der Waals surface area contributed by atoms with Crippen LogP contribution in [-0.2, 0) is 21.2 Å². The molecule has 140 valence electrons. The standard InChI is InChI=1S/C20H21N3O3S/c1-15(13-22-20(24)11-16-5-3-2-4-6-16)23-27(25,26)19-8-7-18-14-21-10-9-17(18)12-19/h2-10,12,14-15,23H,11,13H2,1H3,(H,22,24). The van der Waals surface area contributed by atoms with Crippen molar-refractivity contribution >= 4 is 26.7 Å². The minimum atomic E-state index is -3.68. The summed E-state index contributed by atoms with van der Waals surface area (Å²) in [6, 6.07) is 15.6. The number of rotatable bonds is 7. The molecule has 0 saturated carbocycles. The Morgan fingerprint density at radius 3 is 2.63 bits per heavy atom. The molecule has 0 aliphatic heterocycles. The van der Waals surface area contributed by atoms with Crippen molar-refractivity contribution in [3.63, 3.8) is 0 Å². The first-order chi connectivity index (χ1) is 12.9. The molecule has 3 aromatic rings. The molecule has 2 N–H and O–H groups in total. The lowest BCUT2D eigenvalue weighted by Gasteiger charge is -2.15. The number of carbonyl (C=O) groups is 1. The van der Waals surface area contributed by atoms with E-state index >= 15 is 0 Å². The van der Waals surface area contributed by atoms with Gasteiger partial charge in [-0.1, -0.05) is 36.4 Å². The van der Waals surface area contributed by atoms with E-state index in [-0.39, 0.29) is 23.8 Å². The predicted molar refractivity (Wildman–Crippen MR) is 105 cm³/mol. The molecular formula is C20H21N3O3S. The van der Waals surface area contributed by atoms with E-state index in [2.05, 4.69) is 15.0 Å². The van der Waals surface area contributed by atoms with Gasteiger partial charge in [-0.15, -0.1) is 0 Å². The van der Waals surface area contributed by atoms with Crippen molar-refractivity contribution in [2.75, 3.05) is 6.54 Å². The molecule has 7 heteroatoms. The highest BCUT2D eigenvalue weighted by Crippen LogP contribution is 2.18. The van der Waals surface area contributed by atoms with Gasteiger partial charge in [0.15, 0.2) is 0 Å². The zero-order valence-corrected chi connectivity index (χ0v) is 15.7. The van der Waals surface area contributed by atoms with Crippen LogP contribution in [0.3, 0.4) is 0 Å². The molecule has 0 saturated heterocycles. The summed E-state index contributed by atoms with van der Waals surface area (Å²) in [5.41, 5.74) is 0.911. The quantitative estimate of drug-likeness (QED) is 0.655. The first-order valence-electron chi connectivity index (χ1n) is 8.61. The number of aromatic nitrogens is 1. The highest BCUT2D eigenvalue weighted by Gasteiger charge is 2.18. The molecule has 0 radical (unpaired) electrons. The van der Waals surface area contributed by atoms with Crippen LogP contribution in [0.4, 0.5) is 0 Å². The van der Waals surface area contributed by atoms with E-state index in [9.17, 15) is 13.2 Å². The third-order valence-corrected chi connectivity index (χ3v) is 5.68. The Kier molecular flexibility index (Phi) is 5.83. The lowest BCUT2D eigenvalue weighted by Crippen LogP contribution is -2.42. The molecule has 0 spiro atoms. The second kappa shape index (κ2) is 8.28. The van der Waals surface area contributed by atoms with Gasteiger partial charge in [0.05, 0.1) is 11.3 Å². The molecular weight excluding hydrogens is 362 g/mol. The summed E-state index contributed by atoms with van der Waals surface area (Å²) in [4.78, 5) is 16.2. The van der Waals surface area contributed by atoms with E-state index in [0.717, 1.165) is 16.3 Å². The third kappa shape index (κ3) is 5.12. The van der Waals surface area contributed by atoms with Crippen LogP contribution in [0.5, 0.6) is 0 Å². The van der Waals surface area contributed by atoms with E-state index < -0.39 is 16.1 Å². The van der Waals surface area contributed by atoms with Crippen molar-refractivity contribution in [2.24, 2.45) is 0 Å². The highest BCUT2D eigenvalue weighted by molar-refractivity contribution is 7.89. The van der Waals surface area contributed by atoms with E-state index in [0.29, 0.717) is 0 Å². The summed E-state index contributed by atoms with van der Waals surface area (Å²) in [5, 5.41) is 4.44. The van der Waals surface area contributed by atoms with Gasteiger partial charge in [-0.3, -0.25) is 9.78 Å². The second-order valence-electron chi connectivity index (χ2n) is 6.37. The van der Waals surface area contributed by atoms with Crippen molar-refractivity contribution in [2.45, 2.75) is 24.3 Å². The summed E-state index contributed by atoms with van der Waals surface area (Å²) >= 11 is 0.